The van der Waals surface area contributed by atoms with Crippen LogP contribution in [0.3, 0.4) is 0 Å². The summed E-state index contributed by atoms with van der Waals surface area (Å²) in [5.74, 6) is -0.194. The molecule has 37 heavy (non-hydrogen) atoms. The van der Waals surface area contributed by atoms with E-state index in [4.69, 9.17) is 4.74 Å². The summed E-state index contributed by atoms with van der Waals surface area (Å²) in [6.45, 7) is 6.86. The molecule has 0 fully saturated rings. The molecule has 0 aliphatic rings. The van der Waals surface area contributed by atoms with Crippen molar-refractivity contribution < 1.29 is 22.7 Å². The van der Waals surface area contributed by atoms with E-state index in [2.05, 4.69) is 15.6 Å². The fourth-order valence-electron chi connectivity index (χ4n) is 3.31. The summed E-state index contributed by atoms with van der Waals surface area (Å²) in [4.78, 5) is 29.3. The standard InChI is InChI=1S/C27H31N3O5S2/c1-18(31)28-25-30-23(24(36-25)17-11-20-8-14-22(15-9-20)37(5,33)34)16-10-19-6-12-21(13-7-19)29-26(32)35-27(2,3)4/h6-9,11-15,17H,10,16H2,1-5H3,(H,29,32)(H,28,30,31). The van der Waals surface area contributed by atoms with Crippen molar-refractivity contribution in [1.29, 1.82) is 0 Å². The number of nitrogens with one attached hydrogen (secondary N) is 2. The number of carbonyl (C=O) groups is 2. The van der Waals surface area contributed by atoms with Gasteiger partial charge in [0, 0.05) is 18.9 Å². The van der Waals surface area contributed by atoms with E-state index in [9.17, 15) is 18.0 Å². The molecule has 0 atom stereocenters. The molecule has 0 saturated carbocycles. The smallest absolute Gasteiger partial charge is 0.412 e. The van der Waals surface area contributed by atoms with Crippen molar-refractivity contribution in [3.05, 3.63) is 70.2 Å². The number of amides is 2. The summed E-state index contributed by atoms with van der Waals surface area (Å²) in [5, 5.41) is 5.98. The first kappa shape index (κ1) is 28.1. The zero-order chi connectivity index (χ0) is 27.2. The third-order valence-electron chi connectivity index (χ3n) is 5.00. The van der Waals surface area contributed by atoms with Crippen LogP contribution in [-0.2, 0) is 32.2 Å². The highest BCUT2D eigenvalue weighted by molar-refractivity contribution is 7.90. The Morgan fingerprint density at radius 2 is 1.62 bits per heavy atom. The van der Waals surface area contributed by atoms with Crippen molar-refractivity contribution in [2.24, 2.45) is 0 Å². The van der Waals surface area contributed by atoms with E-state index < -0.39 is 21.5 Å². The summed E-state index contributed by atoms with van der Waals surface area (Å²) < 4.78 is 28.6. The monoisotopic (exact) mass is 541 g/mol. The van der Waals surface area contributed by atoms with Crippen LogP contribution in [0.4, 0.5) is 15.6 Å². The maximum atomic E-state index is 12.0. The summed E-state index contributed by atoms with van der Waals surface area (Å²) in [6, 6.07) is 14.2. The van der Waals surface area contributed by atoms with Gasteiger partial charge in [0.25, 0.3) is 0 Å². The van der Waals surface area contributed by atoms with Crippen molar-refractivity contribution in [1.82, 2.24) is 4.98 Å². The Morgan fingerprint density at radius 3 is 2.19 bits per heavy atom. The lowest BCUT2D eigenvalue weighted by molar-refractivity contribution is -0.114. The number of anilines is 2. The molecule has 0 saturated heterocycles. The third-order valence-corrected chi connectivity index (χ3v) is 7.10. The van der Waals surface area contributed by atoms with Crippen LogP contribution in [0.5, 0.6) is 0 Å². The molecular weight excluding hydrogens is 510 g/mol. The molecule has 3 rings (SSSR count). The van der Waals surface area contributed by atoms with Gasteiger partial charge in [-0.05, 0) is 75.1 Å². The molecule has 0 unspecified atom stereocenters. The molecule has 0 bridgehead atoms. The second kappa shape index (κ2) is 11.7. The van der Waals surface area contributed by atoms with Gasteiger partial charge in [0.1, 0.15) is 5.60 Å². The van der Waals surface area contributed by atoms with Crippen LogP contribution in [0.15, 0.2) is 53.4 Å². The fourth-order valence-corrected chi connectivity index (χ4v) is 4.90. The van der Waals surface area contributed by atoms with Crippen molar-refractivity contribution >= 4 is 56.1 Å². The van der Waals surface area contributed by atoms with E-state index in [0.29, 0.717) is 23.7 Å². The quantitative estimate of drug-likeness (QED) is 0.372. The Kier molecular flexibility index (Phi) is 8.88. The maximum absolute atomic E-state index is 12.0. The average molecular weight is 542 g/mol. The second-order valence-electron chi connectivity index (χ2n) is 9.51. The molecule has 8 nitrogen and oxygen atoms in total. The molecule has 10 heteroatoms. The highest BCUT2D eigenvalue weighted by Gasteiger charge is 2.16. The van der Waals surface area contributed by atoms with Crippen LogP contribution in [0.2, 0.25) is 0 Å². The molecule has 2 amide bonds. The Hall–Kier alpha value is -3.50. The molecule has 2 aromatic carbocycles. The number of aryl methyl sites for hydroxylation is 2. The minimum absolute atomic E-state index is 0.194. The fraction of sp³-hybridized carbons (Fsp3) is 0.296. The SMILES string of the molecule is CC(=O)Nc1nc(CCc2ccc(NC(=O)OC(C)(C)C)cc2)c(C=Cc2ccc(S(C)(=O)=O)cc2)s1. The molecule has 0 radical (unpaired) electrons. The van der Waals surface area contributed by atoms with E-state index in [1.165, 1.54) is 24.5 Å². The Labute approximate surface area is 221 Å². The van der Waals surface area contributed by atoms with Gasteiger partial charge in [0.05, 0.1) is 15.5 Å². The van der Waals surface area contributed by atoms with Crippen molar-refractivity contribution in [2.75, 3.05) is 16.9 Å². The lowest BCUT2D eigenvalue weighted by Crippen LogP contribution is -2.27. The number of hydrogen-bond donors (Lipinski definition) is 2. The van der Waals surface area contributed by atoms with Gasteiger partial charge in [0.15, 0.2) is 15.0 Å². The first-order valence-electron chi connectivity index (χ1n) is 11.6. The van der Waals surface area contributed by atoms with Gasteiger partial charge < -0.3 is 10.1 Å². The lowest BCUT2D eigenvalue weighted by Gasteiger charge is -2.19. The van der Waals surface area contributed by atoms with Gasteiger partial charge in [-0.15, -0.1) is 0 Å². The van der Waals surface area contributed by atoms with Crippen LogP contribution in [0.1, 0.15) is 49.4 Å². The molecule has 0 spiro atoms. The van der Waals surface area contributed by atoms with Gasteiger partial charge in [-0.25, -0.2) is 18.2 Å². The minimum atomic E-state index is -3.25. The summed E-state index contributed by atoms with van der Waals surface area (Å²) in [7, 11) is -3.25. The largest absolute Gasteiger partial charge is 0.444 e. The first-order valence-corrected chi connectivity index (χ1v) is 14.3. The number of aromatic nitrogens is 1. The average Bonchev–Trinajstić information content (AvgIpc) is 3.16. The number of carbonyl (C=O) groups excluding carboxylic acids is 2. The first-order chi connectivity index (χ1) is 17.3. The van der Waals surface area contributed by atoms with Crippen molar-refractivity contribution in [3.8, 4) is 0 Å². The van der Waals surface area contributed by atoms with E-state index >= 15 is 0 Å². The Bertz CT molecular complexity index is 1390. The van der Waals surface area contributed by atoms with Gasteiger partial charge in [0.2, 0.25) is 5.91 Å². The molecule has 0 aliphatic heterocycles. The van der Waals surface area contributed by atoms with Gasteiger partial charge >= 0.3 is 6.09 Å². The number of thiazole rings is 1. The van der Waals surface area contributed by atoms with Gasteiger partial charge in [-0.2, -0.15) is 0 Å². The number of ether oxygens (including phenoxy) is 1. The van der Waals surface area contributed by atoms with E-state index in [1.807, 2.05) is 57.2 Å². The number of nitrogens with zero attached hydrogens (tertiary/aromatic N) is 1. The van der Waals surface area contributed by atoms with Gasteiger partial charge in [-0.1, -0.05) is 41.7 Å². The number of sulfone groups is 1. The molecule has 2 N–H and O–H groups in total. The summed E-state index contributed by atoms with van der Waals surface area (Å²) in [6.07, 6.45) is 5.83. The molecular formula is C27H31N3O5S2. The Balaban J connectivity index is 1.70. The van der Waals surface area contributed by atoms with Crippen LogP contribution in [-0.4, -0.2) is 37.3 Å². The molecule has 1 heterocycles. The normalized spacial score (nSPS) is 11.9. The maximum Gasteiger partial charge on any atom is 0.412 e. The zero-order valence-corrected chi connectivity index (χ0v) is 23.1. The predicted molar refractivity (Wildman–Crippen MR) is 149 cm³/mol. The zero-order valence-electron chi connectivity index (χ0n) is 21.5. The Morgan fingerprint density at radius 1 is 0.973 bits per heavy atom. The highest BCUT2D eigenvalue weighted by Crippen LogP contribution is 2.27. The minimum Gasteiger partial charge on any atom is -0.444 e. The predicted octanol–water partition coefficient (Wildman–Crippen LogP) is 5.81. The van der Waals surface area contributed by atoms with E-state index in [0.717, 1.165) is 21.7 Å². The number of hydrogen-bond acceptors (Lipinski definition) is 7. The van der Waals surface area contributed by atoms with Crippen LogP contribution in [0, 0.1) is 0 Å². The van der Waals surface area contributed by atoms with E-state index in [-0.39, 0.29) is 10.8 Å². The molecule has 0 aliphatic carbocycles. The van der Waals surface area contributed by atoms with Crippen molar-refractivity contribution in [3.63, 3.8) is 0 Å². The highest BCUT2D eigenvalue weighted by atomic mass is 32.2. The van der Waals surface area contributed by atoms with Gasteiger partial charge in [-0.3, -0.25) is 10.1 Å². The second-order valence-corrected chi connectivity index (χ2v) is 12.6. The van der Waals surface area contributed by atoms with Crippen LogP contribution in [0.25, 0.3) is 12.2 Å². The summed E-state index contributed by atoms with van der Waals surface area (Å²) in [5.41, 5.74) is 2.83. The van der Waals surface area contributed by atoms with Crippen molar-refractivity contribution in [2.45, 2.75) is 51.0 Å². The molecule has 1 aromatic heterocycles. The lowest BCUT2D eigenvalue weighted by atomic mass is 10.1. The van der Waals surface area contributed by atoms with Crippen LogP contribution < -0.4 is 10.6 Å². The van der Waals surface area contributed by atoms with E-state index in [1.54, 1.807) is 24.3 Å². The number of rotatable bonds is 8. The topological polar surface area (TPSA) is 114 Å². The van der Waals surface area contributed by atoms with Crippen LogP contribution >= 0.6 is 11.3 Å². The summed E-state index contributed by atoms with van der Waals surface area (Å²) >= 11 is 1.38. The molecule has 3 aromatic rings. The third kappa shape index (κ3) is 9.14. The number of benzene rings is 2. The molecule has 196 valence electrons.